The molecule has 0 aromatic heterocycles. The van der Waals surface area contributed by atoms with E-state index in [1.165, 1.54) is 0 Å². The molecule has 5 heteroatoms. The normalized spacial score (nSPS) is 24.4. The highest BCUT2D eigenvalue weighted by molar-refractivity contribution is 5.76. The van der Waals surface area contributed by atoms with Gasteiger partial charge in [0.05, 0.1) is 17.4 Å². The molecule has 0 spiro atoms. The van der Waals surface area contributed by atoms with Crippen LogP contribution in [0.5, 0.6) is 0 Å². The third-order valence-corrected chi connectivity index (χ3v) is 3.28. The van der Waals surface area contributed by atoms with Crippen LogP contribution in [-0.2, 0) is 4.79 Å². The van der Waals surface area contributed by atoms with E-state index < -0.39 is 0 Å². The molecule has 1 fully saturated rings. The van der Waals surface area contributed by atoms with Crippen molar-refractivity contribution < 1.29 is 4.79 Å². The second kappa shape index (κ2) is 4.63. The third kappa shape index (κ3) is 2.34. The van der Waals surface area contributed by atoms with Crippen LogP contribution in [-0.4, -0.2) is 5.91 Å². The van der Waals surface area contributed by atoms with Gasteiger partial charge in [-0.15, -0.1) is 0 Å². The summed E-state index contributed by atoms with van der Waals surface area (Å²) in [5, 5.41) is 0. The summed E-state index contributed by atoms with van der Waals surface area (Å²) in [5.74, 6) is 0.322. The van der Waals surface area contributed by atoms with Crippen LogP contribution in [0.15, 0.2) is 18.2 Å². The fraction of sp³-hybridized carbons (Fsp3) is 0.417. The molecule has 1 saturated heterocycles. The number of amides is 1. The molecule has 92 valence electrons. The van der Waals surface area contributed by atoms with Gasteiger partial charge < -0.3 is 11.5 Å². The Bertz CT molecular complexity index is 433. The van der Waals surface area contributed by atoms with Crippen molar-refractivity contribution in [2.24, 2.45) is 5.92 Å². The van der Waals surface area contributed by atoms with Gasteiger partial charge in [-0.05, 0) is 23.6 Å². The lowest BCUT2D eigenvalue weighted by Crippen LogP contribution is -2.48. The average Bonchev–Trinajstić information content (AvgIpc) is 2.32. The Morgan fingerprint density at radius 3 is 2.76 bits per heavy atom. The SMILES string of the molecule is CCC1CC(=O)NNC1c1ccc(N)c(N)c1. The van der Waals surface area contributed by atoms with Crippen molar-refractivity contribution in [3.05, 3.63) is 23.8 Å². The summed E-state index contributed by atoms with van der Waals surface area (Å²) in [7, 11) is 0. The first kappa shape index (κ1) is 11.7. The monoisotopic (exact) mass is 234 g/mol. The highest BCUT2D eigenvalue weighted by Gasteiger charge is 2.28. The van der Waals surface area contributed by atoms with Gasteiger partial charge in [0.2, 0.25) is 5.91 Å². The Morgan fingerprint density at radius 1 is 1.35 bits per heavy atom. The van der Waals surface area contributed by atoms with Crippen LogP contribution >= 0.6 is 0 Å². The van der Waals surface area contributed by atoms with Crippen LogP contribution in [0.25, 0.3) is 0 Å². The van der Waals surface area contributed by atoms with Gasteiger partial charge in [-0.1, -0.05) is 19.4 Å². The van der Waals surface area contributed by atoms with Crippen molar-refractivity contribution in [3.63, 3.8) is 0 Å². The molecule has 1 amide bonds. The number of benzene rings is 1. The number of anilines is 2. The van der Waals surface area contributed by atoms with Gasteiger partial charge in [0.1, 0.15) is 0 Å². The number of hydrazine groups is 1. The lowest BCUT2D eigenvalue weighted by molar-refractivity contribution is -0.126. The molecule has 1 aliphatic rings. The van der Waals surface area contributed by atoms with Gasteiger partial charge in [-0.25, -0.2) is 5.43 Å². The van der Waals surface area contributed by atoms with E-state index in [9.17, 15) is 4.79 Å². The summed E-state index contributed by atoms with van der Waals surface area (Å²) in [5.41, 5.74) is 19.4. The van der Waals surface area contributed by atoms with Gasteiger partial charge in [0.15, 0.2) is 0 Å². The zero-order valence-electron chi connectivity index (χ0n) is 9.86. The number of nitrogens with one attached hydrogen (secondary N) is 2. The molecular formula is C12H18N4O. The summed E-state index contributed by atoms with van der Waals surface area (Å²) in [6.07, 6.45) is 1.48. The molecule has 17 heavy (non-hydrogen) atoms. The predicted octanol–water partition coefficient (Wildman–Crippen LogP) is 0.943. The van der Waals surface area contributed by atoms with Gasteiger partial charge >= 0.3 is 0 Å². The molecule has 5 nitrogen and oxygen atoms in total. The van der Waals surface area contributed by atoms with Gasteiger partial charge in [0, 0.05) is 6.42 Å². The molecule has 2 atom stereocenters. The summed E-state index contributed by atoms with van der Waals surface area (Å²) < 4.78 is 0. The summed E-state index contributed by atoms with van der Waals surface area (Å²) >= 11 is 0. The van der Waals surface area contributed by atoms with Gasteiger partial charge in [0.25, 0.3) is 0 Å². The molecule has 2 rings (SSSR count). The van der Waals surface area contributed by atoms with Gasteiger partial charge in [-0.3, -0.25) is 10.2 Å². The largest absolute Gasteiger partial charge is 0.397 e. The zero-order chi connectivity index (χ0) is 12.4. The van der Waals surface area contributed by atoms with Crippen LogP contribution in [0.4, 0.5) is 11.4 Å². The van der Waals surface area contributed by atoms with Crippen molar-refractivity contribution in [1.29, 1.82) is 0 Å². The summed E-state index contributed by atoms with van der Waals surface area (Å²) in [6, 6.07) is 5.71. The fourth-order valence-electron chi connectivity index (χ4n) is 2.21. The summed E-state index contributed by atoms with van der Waals surface area (Å²) in [6.45, 7) is 2.08. The number of hydrogen-bond acceptors (Lipinski definition) is 4. The van der Waals surface area contributed by atoms with Crippen LogP contribution < -0.4 is 22.3 Å². The molecule has 1 aromatic rings. The van der Waals surface area contributed by atoms with Crippen molar-refractivity contribution >= 4 is 17.3 Å². The van der Waals surface area contributed by atoms with Crippen molar-refractivity contribution in [1.82, 2.24) is 10.9 Å². The lowest BCUT2D eigenvalue weighted by atomic mass is 9.87. The summed E-state index contributed by atoms with van der Waals surface area (Å²) in [4.78, 5) is 11.3. The maximum Gasteiger partial charge on any atom is 0.234 e. The maximum absolute atomic E-state index is 11.3. The van der Waals surface area contributed by atoms with Crippen molar-refractivity contribution in [2.45, 2.75) is 25.8 Å². The van der Waals surface area contributed by atoms with Crippen molar-refractivity contribution in [2.75, 3.05) is 11.5 Å². The van der Waals surface area contributed by atoms with Gasteiger partial charge in [-0.2, -0.15) is 0 Å². The fourth-order valence-corrected chi connectivity index (χ4v) is 2.21. The first-order valence-electron chi connectivity index (χ1n) is 5.81. The number of carbonyl (C=O) groups excluding carboxylic acids is 1. The number of carbonyl (C=O) groups is 1. The molecule has 6 N–H and O–H groups in total. The Kier molecular flexibility index (Phi) is 3.19. The smallest absolute Gasteiger partial charge is 0.234 e. The first-order valence-corrected chi connectivity index (χ1v) is 5.81. The number of rotatable bonds is 2. The molecule has 1 aliphatic heterocycles. The van der Waals surface area contributed by atoms with E-state index in [0.29, 0.717) is 17.8 Å². The van der Waals surface area contributed by atoms with E-state index in [0.717, 1.165) is 12.0 Å². The lowest BCUT2D eigenvalue weighted by Gasteiger charge is -2.32. The number of nitrogen functional groups attached to an aromatic ring is 2. The molecule has 1 aromatic carbocycles. The zero-order valence-corrected chi connectivity index (χ0v) is 9.86. The predicted molar refractivity (Wildman–Crippen MR) is 67.7 cm³/mol. The van der Waals surface area contributed by atoms with E-state index in [1.54, 1.807) is 6.07 Å². The number of hydrogen-bond donors (Lipinski definition) is 4. The first-order chi connectivity index (χ1) is 8.11. The molecule has 2 unspecified atom stereocenters. The second-order valence-corrected chi connectivity index (χ2v) is 4.43. The second-order valence-electron chi connectivity index (χ2n) is 4.43. The Hall–Kier alpha value is -1.75. The van der Waals surface area contributed by atoms with E-state index in [4.69, 9.17) is 11.5 Å². The molecule has 0 radical (unpaired) electrons. The third-order valence-electron chi connectivity index (χ3n) is 3.28. The Labute approximate surface area is 101 Å². The van der Waals surface area contributed by atoms with Crippen LogP contribution in [0, 0.1) is 5.92 Å². The van der Waals surface area contributed by atoms with Crippen LogP contribution in [0.3, 0.4) is 0 Å². The standard InChI is InChI=1S/C12H18N4O/c1-2-7-6-11(17)15-16-12(7)8-3-4-9(13)10(14)5-8/h3-5,7,12,16H,2,6,13-14H2,1H3,(H,15,17). The minimum atomic E-state index is 0.0384. The number of nitrogens with two attached hydrogens (primary N) is 2. The van der Waals surface area contributed by atoms with Crippen molar-refractivity contribution in [3.8, 4) is 0 Å². The minimum absolute atomic E-state index is 0.0384. The Balaban J connectivity index is 2.25. The van der Waals surface area contributed by atoms with E-state index in [1.807, 2.05) is 12.1 Å². The highest BCUT2D eigenvalue weighted by Crippen LogP contribution is 2.31. The Morgan fingerprint density at radius 2 is 2.12 bits per heavy atom. The topological polar surface area (TPSA) is 93.2 Å². The maximum atomic E-state index is 11.3. The minimum Gasteiger partial charge on any atom is -0.397 e. The molecular weight excluding hydrogens is 216 g/mol. The molecule has 0 bridgehead atoms. The van der Waals surface area contributed by atoms with Crippen LogP contribution in [0.1, 0.15) is 31.4 Å². The van der Waals surface area contributed by atoms with Crippen LogP contribution in [0.2, 0.25) is 0 Å². The molecule has 0 saturated carbocycles. The van der Waals surface area contributed by atoms with E-state index >= 15 is 0 Å². The highest BCUT2D eigenvalue weighted by atomic mass is 16.2. The quantitative estimate of drug-likeness (QED) is 0.573. The van der Waals surface area contributed by atoms with E-state index in [2.05, 4.69) is 17.8 Å². The average molecular weight is 234 g/mol. The molecule has 1 heterocycles. The molecule has 0 aliphatic carbocycles. The van der Waals surface area contributed by atoms with E-state index in [-0.39, 0.29) is 17.9 Å².